The Labute approximate surface area is 189 Å². The third-order valence-corrected chi connectivity index (χ3v) is 6.52. The van der Waals surface area contributed by atoms with Gasteiger partial charge in [0.05, 0.1) is 11.0 Å². The molecule has 0 radical (unpaired) electrons. The van der Waals surface area contributed by atoms with Crippen molar-refractivity contribution >= 4 is 38.2 Å². The highest BCUT2D eigenvalue weighted by atomic mass is 16.1. The summed E-state index contributed by atoms with van der Waals surface area (Å²) in [6.45, 7) is 0. The van der Waals surface area contributed by atoms with Crippen LogP contribution in [0.3, 0.4) is 0 Å². The SMILES string of the molecule is O=c1c2cccc3cccc(c32)c2nc3cc(-c4ccccc4)cc(-c4ccccc4)c3n12. The molecule has 154 valence electrons. The summed E-state index contributed by atoms with van der Waals surface area (Å²) in [6.07, 6.45) is 0. The number of hydrogen-bond donors (Lipinski definition) is 0. The molecule has 0 saturated carbocycles. The van der Waals surface area contributed by atoms with Crippen molar-refractivity contribution in [2.24, 2.45) is 0 Å². The second-order valence-corrected chi connectivity index (χ2v) is 8.41. The van der Waals surface area contributed by atoms with Crippen LogP contribution < -0.4 is 5.56 Å². The van der Waals surface area contributed by atoms with E-state index in [2.05, 4.69) is 54.6 Å². The molecule has 0 aliphatic heterocycles. The molecule has 0 bridgehead atoms. The maximum Gasteiger partial charge on any atom is 0.264 e. The molecular formula is C30H18N2O. The Kier molecular flexibility index (Phi) is 3.70. The predicted molar refractivity (Wildman–Crippen MR) is 136 cm³/mol. The van der Waals surface area contributed by atoms with Gasteiger partial charge in [-0.15, -0.1) is 0 Å². The molecule has 3 heteroatoms. The third kappa shape index (κ3) is 2.56. The number of nitrogens with zero attached hydrogens (tertiary/aromatic N) is 2. The van der Waals surface area contributed by atoms with E-state index >= 15 is 0 Å². The first kappa shape index (κ1) is 18.1. The quantitative estimate of drug-likeness (QED) is 0.303. The van der Waals surface area contributed by atoms with E-state index in [0.29, 0.717) is 5.65 Å². The van der Waals surface area contributed by atoms with Crippen LogP contribution >= 0.6 is 0 Å². The maximum atomic E-state index is 13.8. The van der Waals surface area contributed by atoms with E-state index in [1.807, 2.05) is 59.0 Å². The van der Waals surface area contributed by atoms with Crippen LogP contribution in [0.2, 0.25) is 0 Å². The van der Waals surface area contributed by atoms with Gasteiger partial charge in [-0.2, -0.15) is 0 Å². The lowest BCUT2D eigenvalue weighted by Gasteiger charge is -2.10. The van der Waals surface area contributed by atoms with Gasteiger partial charge in [-0.05, 0) is 40.3 Å². The van der Waals surface area contributed by atoms with E-state index in [1.165, 1.54) is 0 Å². The molecular weight excluding hydrogens is 404 g/mol. The zero-order valence-electron chi connectivity index (χ0n) is 17.7. The van der Waals surface area contributed by atoms with Gasteiger partial charge < -0.3 is 0 Å². The summed E-state index contributed by atoms with van der Waals surface area (Å²) in [6, 6.07) is 36.9. The molecule has 33 heavy (non-hydrogen) atoms. The van der Waals surface area contributed by atoms with Gasteiger partial charge in [0.25, 0.3) is 5.56 Å². The van der Waals surface area contributed by atoms with Crippen LogP contribution in [0.25, 0.3) is 60.5 Å². The molecule has 0 saturated heterocycles. The fourth-order valence-electron chi connectivity index (χ4n) is 5.05. The zero-order chi connectivity index (χ0) is 21.9. The summed E-state index contributed by atoms with van der Waals surface area (Å²) in [5.41, 5.74) is 6.64. The Hall–Kier alpha value is -4.50. The highest BCUT2D eigenvalue weighted by molar-refractivity contribution is 6.16. The van der Waals surface area contributed by atoms with Crippen molar-refractivity contribution in [1.29, 1.82) is 0 Å². The summed E-state index contributed by atoms with van der Waals surface area (Å²) in [5, 5.41) is 3.77. The van der Waals surface area contributed by atoms with Gasteiger partial charge in [-0.3, -0.25) is 9.20 Å². The molecule has 0 fully saturated rings. The first-order valence-corrected chi connectivity index (χ1v) is 11.0. The van der Waals surface area contributed by atoms with Crippen molar-refractivity contribution in [3.05, 3.63) is 120 Å². The van der Waals surface area contributed by atoms with Crippen molar-refractivity contribution in [3.8, 4) is 22.3 Å². The number of aromatic nitrogens is 2. The second kappa shape index (κ2) is 6.75. The fourth-order valence-corrected chi connectivity index (χ4v) is 5.05. The number of pyridine rings is 1. The molecule has 5 aromatic carbocycles. The molecule has 7 aromatic rings. The Morgan fingerprint density at radius 1 is 0.606 bits per heavy atom. The topological polar surface area (TPSA) is 34.4 Å². The molecule has 3 nitrogen and oxygen atoms in total. The summed E-state index contributed by atoms with van der Waals surface area (Å²) in [5.74, 6) is 0. The Balaban J connectivity index is 1.72. The number of fused-ring (bicyclic) bond motifs is 4. The molecule has 7 rings (SSSR count). The van der Waals surface area contributed by atoms with Gasteiger partial charge in [0.15, 0.2) is 0 Å². The Morgan fingerprint density at radius 3 is 2.00 bits per heavy atom. The highest BCUT2D eigenvalue weighted by Crippen LogP contribution is 2.36. The standard InChI is InChI=1S/C30H18N2O/c33-30-24-16-8-14-21-13-7-15-23(27(21)24)29-31-26-18-22(19-9-3-1-4-10-19)17-25(28(26)32(29)30)20-11-5-2-6-12-20/h1-18H. The van der Waals surface area contributed by atoms with Crippen molar-refractivity contribution in [1.82, 2.24) is 9.38 Å². The molecule has 2 heterocycles. The zero-order valence-corrected chi connectivity index (χ0v) is 17.7. The molecule has 0 amide bonds. The lowest BCUT2D eigenvalue weighted by Crippen LogP contribution is -2.13. The van der Waals surface area contributed by atoms with E-state index in [1.54, 1.807) is 0 Å². The van der Waals surface area contributed by atoms with Gasteiger partial charge >= 0.3 is 0 Å². The normalized spacial score (nSPS) is 11.8. The first-order valence-electron chi connectivity index (χ1n) is 11.0. The van der Waals surface area contributed by atoms with Crippen molar-refractivity contribution in [2.75, 3.05) is 0 Å². The van der Waals surface area contributed by atoms with Gasteiger partial charge in [0.1, 0.15) is 5.65 Å². The van der Waals surface area contributed by atoms with E-state index in [0.717, 1.165) is 54.8 Å². The van der Waals surface area contributed by atoms with Gasteiger partial charge in [-0.25, -0.2) is 4.98 Å². The minimum atomic E-state index is -0.0264. The Bertz CT molecular complexity index is 1860. The van der Waals surface area contributed by atoms with Crippen molar-refractivity contribution < 1.29 is 0 Å². The summed E-state index contributed by atoms with van der Waals surface area (Å²) >= 11 is 0. The van der Waals surface area contributed by atoms with Crippen LogP contribution in [-0.2, 0) is 0 Å². The minimum absolute atomic E-state index is 0.0264. The number of benzene rings is 5. The van der Waals surface area contributed by atoms with E-state index in [-0.39, 0.29) is 5.56 Å². The lowest BCUT2D eigenvalue weighted by molar-refractivity contribution is 1.19. The third-order valence-electron chi connectivity index (χ3n) is 6.52. The molecule has 0 spiro atoms. The van der Waals surface area contributed by atoms with E-state index in [9.17, 15) is 4.79 Å². The van der Waals surface area contributed by atoms with Gasteiger partial charge in [0, 0.05) is 21.7 Å². The van der Waals surface area contributed by atoms with Crippen LogP contribution in [-0.4, -0.2) is 9.38 Å². The number of imidazole rings is 1. The average molecular weight is 422 g/mol. The van der Waals surface area contributed by atoms with E-state index < -0.39 is 0 Å². The molecule has 0 aliphatic rings. The van der Waals surface area contributed by atoms with E-state index in [4.69, 9.17) is 4.98 Å². The van der Waals surface area contributed by atoms with Crippen LogP contribution in [0, 0.1) is 0 Å². The van der Waals surface area contributed by atoms with Crippen LogP contribution in [0.4, 0.5) is 0 Å². The minimum Gasteiger partial charge on any atom is -0.268 e. The predicted octanol–water partition coefficient (Wildman–Crippen LogP) is 6.93. The van der Waals surface area contributed by atoms with Crippen LogP contribution in [0.5, 0.6) is 0 Å². The monoisotopic (exact) mass is 422 g/mol. The van der Waals surface area contributed by atoms with Crippen LogP contribution in [0.1, 0.15) is 0 Å². The highest BCUT2D eigenvalue weighted by Gasteiger charge is 2.19. The summed E-state index contributed by atoms with van der Waals surface area (Å²) in [7, 11) is 0. The lowest BCUT2D eigenvalue weighted by atomic mass is 9.97. The molecule has 0 N–H and O–H groups in total. The van der Waals surface area contributed by atoms with Gasteiger partial charge in [0.2, 0.25) is 0 Å². The molecule has 0 unspecified atom stereocenters. The summed E-state index contributed by atoms with van der Waals surface area (Å²) in [4.78, 5) is 18.9. The number of hydrogen-bond acceptors (Lipinski definition) is 2. The average Bonchev–Trinajstić information content (AvgIpc) is 3.28. The fraction of sp³-hybridized carbons (Fsp3) is 0. The Morgan fingerprint density at radius 2 is 1.27 bits per heavy atom. The molecule has 2 aromatic heterocycles. The van der Waals surface area contributed by atoms with Crippen molar-refractivity contribution in [2.45, 2.75) is 0 Å². The maximum absolute atomic E-state index is 13.8. The largest absolute Gasteiger partial charge is 0.268 e. The van der Waals surface area contributed by atoms with Gasteiger partial charge in [-0.1, -0.05) is 91.0 Å². The second-order valence-electron chi connectivity index (χ2n) is 8.41. The first-order chi connectivity index (χ1) is 16.3. The molecule has 0 aliphatic carbocycles. The smallest absolute Gasteiger partial charge is 0.264 e. The molecule has 0 atom stereocenters. The summed E-state index contributed by atoms with van der Waals surface area (Å²) < 4.78 is 1.81. The van der Waals surface area contributed by atoms with Crippen LogP contribution in [0.15, 0.2) is 114 Å². The van der Waals surface area contributed by atoms with Crippen molar-refractivity contribution in [3.63, 3.8) is 0 Å². The number of rotatable bonds is 2.